The van der Waals surface area contributed by atoms with Gasteiger partial charge in [0.2, 0.25) is 0 Å². The van der Waals surface area contributed by atoms with Crippen LogP contribution in [0.4, 0.5) is 18.9 Å². The van der Waals surface area contributed by atoms with Crippen molar-refractivity contribution in [3.8, 4) is 22.8 Å². The smallest absolute Gasteiger partial charge is 0.416 e. The molecule has 0 fully saturated rings. The highest BCUT2D eigenvalue weighted by Crippen LogP contribution is 2.34. The van der Waals surface area contributed by atoms with Crippen molar-refractivity contribution < 1.29 is 27.4 Å². The average molecular weight is 544 g/mol. The number of benzene rings is 4. The first-order chi connectivity index (χ1) is 19.3. The molecule has 0 aliphatic heterocycles. The molecule has 202 valence electrons. The van der Waals surface area contributed by atoms with Crippen molar-refractivity contribution in [2.45, 2.75) is 19.4 Å². The number of anilines is 1. The van der Waals surface area contributed by atoms with Gasteiger partial charge in [-0.05, 0) is 53.6 Å². The fraction of sp³-hybridized carbons (Fsp3) is 0.0968. The van der Waals surface area contributed by atoms with Crippen molar-refractivity contribution in [1.29, 1.82) is 0 Å². The summed E-state index contributed by atoms with van der Waals surface area (Å²) in [5, 5.41) is 9.55. The number of hydrogen-bond donors (Lipinski definition) is 2. The SMILES string of the molecule is O=C(Nc1ccc(C(F)(F)F)cc1)c1cc(-c2ccc(OCc3ccccc3)cc2OCc2ccccc2)n[nH]1. The summed E-state index contributed by atoms with van der Waals surface area (Å²) in [6.07, 6.45) is -4.46. The van der Waals surface area contributed by atoms with E-state index in [1.807, 2.05) is 60.7 Å². The van der Waals surface area contributed by atoms with Gasteiger partial charge in [-0.1, -0.05) is 60.7 Å². The Morgan fingerprint density at radius 1 is 0.775 bits per heavy atom. The first-order valence-corrected chi connectivity index (χ1v) is 12.4. The minimum atomic E-state index is -4.46. The number of carbonyl (C=O) groups excluding carboxylic acids is 1. The number of amides is 1. The zero-order valence-corrected chi connectivity index (χ0v) is 21.1. The van der Waals surface area contributed by atoms with Gasteiger partial charge in [-0.2, -0.15) is 18.3 Å². The van der Waals surface area contributed by atoms with Gasteiger partial charge in [0, 0.05) is 17.3 Å². The van der Waals surface area contributed by atoms with Crippen LogP contribution in [0.2, 0.25) is 0 Å². The van der Waals surface area contributed by atoms with E-state index in [1.54, 1.807) is 24.3 Å². The van der Waals surface area contributed by atoms with Crippen LogP contribution < -0.4 is 14.8 Å². The van der Waals surface area contributed by atoms with E-state index in [4.69, 9.17) is 9.47 Å². The normalized spacial score (nSPS) is 11.2. The van der Waals surface area contributed by atoms with E-state index in [0.29, 0.717) is 36.0 Å². The molecular formula is C31H24F3N3O3. The Morgan fingerprint density at radius 3 is 2.02 bits per heavy atom. The van der Waals surface area contributed by atoms with Crippen LogP contribution in [-0.2, 0) is 19.4 Å². The number of hydrogen-bond acceptors (Lipinski definition) is 4. The van der Waals surface area contributed by atoms with Gasteiger partial charge >= 0.3 is 6.18 Å². The lowest BCUT2D eigenvalue weighted by molar-refractivity contribution is -0.137. The molecule has 0 aliphatic carbocycles. The number of halogens is 3. The molecule has 0 saturated heterocycles. The number of nitrogens with one attached hydrogen (secondary N) is 2. The van der Waals surface area contributed by atoms with Gasteiger partial charge in [-0.3, -0.25) is 9.89 Å². The average Bonchev–Trinajstić information content (AvgIpc) is 3.46. The summed E-state index contributed by atoms with van der Waals surface area (Å²) in [5.41, 5.74) is 2.64. The maximum absolute atomic E-state index is 12.8. The molecule has 0 saturated carbocycles. The summed E-state index contributed by atoms with van der Waals surface area (Å²) < 4.78 is 50.6. The monoisotopic (exact) mass is 543 g/mol. The third-order valence-corrected chi connectivity index (χ3v) is 6.01. The lowest BCUT2D eigenvalue weighted by Gasteiger charge is -2.13. The van der Waals surface area contributed by atoms with Crippen molar-refractivity contribution in [2.75, 3.05) is 5.32 Å². The molecule has 5 rings (SSSR count). The number of ether oxygens (including phenoxy) is 2. The number of rotatable bonds is 9. The lowest BCUT2D eigenvalue weighted by Crippen LogP contribution is -2.12. The topological polar surface area (TPSA) is 76.2 Å². The molecule has 1 heterocycles. The molecule has 1 aromatic heterocycles. The van der Waals surface area contributed by atoms with Crippen LogP contribution in [0, 0.1) is 0 Å². The molecule has 0 aliphatic rings. The number of alkyl halides is 3. The van der Waals surface area contributed by atoms with Gasteiger partial charge < -0.3 is 14.8 Å². The first-order valence-electron chi connectivity index (χ1n) is 12.4. The van der Waals surface area contributed by atoms with Crippen molar-refractivity contribution >= 4 is 11.6 Å². The molecule has 0 radical (unpaired) electrons. The van der Waals surface area contributed by atoms with Crippen molar-refractivity contribution in [3.63, 3.8) is 0 Å². The van der Waals surface area contributed by atoms with Crippen molar-refractivity contribution in [1.82, 2.24) is 10.2 Å². The van der Waals surface area contributed by atoms with E-state index >= 15 is 0 Å². The van der Waals surface area contributed by atoms with Crippen LogP contribution in [0.5, 0.6) is 11.5 Å². The second kappa shape index (κ2) is 11.8. The van der Waals surface area contributed by atoms with E-state index in [2.05, 4.69) is 15.5 Å². The Hall–Kier alpha value is -5.05. The molecule has 40 heavy (non-hydrogen) atoms. The summed E-state index contributed by atoms with van der Waals surface area (Å²) in [7, 11) is 0. The third-order valence-electron chi connectivity index (χ3n) is 6.01. The Balaban J connectivity index is 1.34. The van der Waals surface area contributed by atoms with Crippen LogP contribution in [0.25, 0.3) is 11.3 Å². The van der Waals surface area contributed by atoms with Crippen LogP contribution >= 0.6 is 0 Å². The fourth-order valence-corrected chi connectivity index (χ4v) is 3.92. The molecule has 9 heteroatoms. The largest absolute Gasteiger partial charge is 0.489 e. The maximum atomic E-state index is 12.8. The number of aromatic nitrogens is 2. The zero-order valence-electron chi connectivity index (χ0n) is 21.1. The van der Waals surface area contributed by atoms with Gasteiger partial charge in [0.05, 0.1) is 11.3 Å². The maximum Gasteiger partial charge on any atom is 0.416 e. The quantitative estimate of drug-likeness (QED) is 0.202. The second-order valence-corrected chi connectivity index (χ2v) is 8.90. The zero-order chi connectivity index (χ0) is 28.0. The van der Waals surface area contributed by atoms with E-state index in [9.17, 15) is 18.0 Å². The number of carbonyl (C=O) groups is 1. The molecule has 0 unspecified atom stereocenters. The third kappa shape index (κ3) is 6.68. The molecule has 1 amide bonds. The summed E-state index contributed by atoms with van der Waals surface area (Å²) in [6.45, 7) is 0.691. The molecule has 4 aromatic carbocycles. The number of nitrogens with zero attached hydrogens (tertiary/aromatic N) is 1. The standard InChI is InChI=1S/C31H24F3N3O3/c32-31(33,34)23-11-13-24(14-12-23)35-30(38)28-18-27(36-37-28)26-16-15-25(39-19-21-7-3-1-4-8-21)17-29(26)40-20-22-9-5-2-6-10-22/h1-18H,19-20H2,(H,35,38)(H,36,37). The van der Waals surface area contributed by atoms with Crippen LogP contribution in [0.1, 0.15) is 27.2 Å². The first kappa shape index (κ1) is 26.6. The molecule has 0 atom stereocenters. The Kier molecular flexibility index (Phi) is 7.82. The van der Waals surface area contributed by atoms with E-state index < -0.39 is 17.6 Å². The van der Waals surface area contributed by atoms with Crippen LogP contribution in [-0.4, -0.2) is 16.1 Å². The lowest BCUT2D eigenvalue weighted by atomic mass is 10.1. The minimum absolute atomic E-state index is 0.133. The second-order valence-electron chi connectivity index (χ2n) is 8.90. The fourth-order valence-electron chi connectivity index (χ4n) is 3.92. The van der Waals surface area contributed by atoms with Crippen molar-refractivity contribution in [2.24, 2.45) is 0 Å². The highest BCUT2D eigenvalue weighted by Gasteiger charge is 2.30. The Bertz CT molecular complexity index is 1570. The number of aromatic amines is 1. The molecule has 0 spiro atoms. The minimum Gasteiger partial charge on any atom is -0.489 e. The van der Waals surface area contributed by atoms with Gasteiger partial charge in [0.1, 0.15) is 30.4 Å². The van der Waals surface area contributed by atoms with E-state index in [0.717, 1.165) is 23.3 Å². The van der Waals surface area contributed by atoms with Gasteiger partial charge in [0.15, 0.2) is 0 Å². The van der Waals surface area contributed by atoms with Crippen molar-refractivity contribution in [3.05, 3.63) is 132 Å². The Morgan fingerprint density at radius 2 is 1.40 bits per heavy atom. The molecule has 6 nitrogen and oxygen atoms in total. The predicted molar refractivity (Wildman–Crippen MR) is 145 cm³/mol. The molecule has 2 N–H and O–H groups in total. The molecule has 0 bridgehead atoms. The van der Waals surface area contributed by atoms with E-state index in [-0.39, 0.29) is 11.4 Å². The molecular weight excluding hydrogens is 519 g/mol. The molecule has 5 aromatic rings. The van der Waals surface area contributed by atoms with Crippen LogP contribution in [0.15, 0.2) is 109 Å². The highest BCUT2D eigenvalue weighted by atomic mass is 19.4. The highest BCUT2D eigenvalue weighted by molar-refractivity contribution is 6.03. The Labute approximate surface area is 228 Å². The van der Waals surface area contributed by atoms with Gasteiger partial charge in [-0.15, -0.1) is 0 Å². The van der Waals surface area contributed by atoms with Crippen LogP contribution in [0.3, 0.4) is 0 Å². The summed E-state index contributed by atoms with van der Waals surface area (Å²) in [6, 6.07) is 30.6. The summed E-state index contributed by atoms with van der Waals surface area (Å²) in [5.74, 6) is 0.565. The summed E-state index contributed by atoms with van der Waals surface area (Å²) in [4.78, 5) is 12.8. The predicted octanol–water partition coefficient (Wildman–Crippen LogP) is 7.51. The number of H-pyrrole nitrogens is 1. The van der Waals surface area contributed by atoms with E-state index in [1.165, 1.54) is 12.1 Å². The summed E-state index contributed by atoms with van der Waals surface area (Å²) >= 11 is 0. The van der Waals surface area contributed by atoms with Gasteiger partial charge in [-0.25, -0.2) is 0 Å². The van der Waals surface area contributed by atoms with Gasteiger partial charge in [0.25, 0.3) is 5.91 Å².